The SMILES string of the molecule is Cc1nn(C)cc1CN(C)C(=O)c1cc(Cn2c(C)nc3ccccc32)[nH]n1. The first-order chi connectivity index (χ1) is 13.4. The fraction of sp³-hybridized carbons (Fsp3) is 0.300. The Balaban J connectivity index is 1.51. The summed E-state index contributed by atoms with van der Waals surface area (Å²) in [5, 5.41) is 11.5. The second-order valence-corrected chi connectivity index (χ2v) is 7.09. The van der Waals surface area contributed by atoms with Crippen LogP contribution >= 0.6 is 0 Å². The van der Waals surface area contributed by atoms with E-state index >= 15 is 0 Å². The molecule has 4 rings (SSSR count). The summed E-state index contributed by atoms with van der Waals surface area (Å²) in [4.78, 5) is 19.0. The third-order valence-corrected chi connectivity index (χ3v) is 4.89. The maximum atomic E-state index is 12.8. The Morgan fingerprint density at radius 2 is 2.04 bits per heavy atom. The molecule has 0 radical (unpaired) electrons. The molecule has 1 amide bonds. The number of carbonyl (C=O) groups is 1. The predicted molar refractivity (Wildman–Crippen MR) is 106 cm³/mol. The van der Waals surface area contributed by atoms with E-state index < -0.39 is 0 Å². The van der Waals surface area contributed by atoms with Crippen molar-refractivity contribution >= 4 is 16.9 Å². The number of benzene rings is 1. The topological polar surface area (TPSA) is 84.6 Å². The third kappa shape index (κ3) is 3.28. The molecule has 4 aromatic rings. The molecule has 0 aliphatic heterocycles. The summed E-state index contributed by atoms with van der Waals surface area (Å²) in [6, 6.07) is 9.82. The van der Waals surface area contributed by atoms with E-state index in [0.717, 1.165) is 33.8 Å². The molecule has 0 fully saturated rings. The molecule has 0 saturated carbocycles. The largest absolute Gasteiger partial charge is 0.336 e. The maximum absolute atomic E-state index is 12.8. The molecule has 28 heavy (non-hydrogen) atoms. The molecule has 0 aliphatic carbocycles. The summed E-state index contributed by atoms with van der Waals surface area (Å²) < 4.78 is 3.87. The number of aromatic nitrogens is 6. The van der Waals surface area contributed by atoms with Crippen molar-refractivity contribution in [2.75, 3.05) is 7.05 Å². The summed E-state index contributed by atoms with van der Waals surface area (Å²) in [5.74, 6) is 0.797. The molecule has 0 unspecified atom stereocenters. The van der Waals surface area contributed by atoms with Crippen LogP contribution in [0.25, 0.3) is 11.0 Å². The number of nitrogens with zero attached hydrogens (tertiary/aromatic N) is 6. The van der Waals surface area contributed by atoms with E-state index in [1.807, 2.05) is 57.4 Å². The molecule has 3 heterocycles. The molecule has 8 heteroatoms. The number of H-pyrrole nitrogens is 1. The molecule has 144 valence electrons. The number of fused-ring (bicyclic) bond motifs is 1. The fourth-order valence-corrected chi connectivity index (χ4v) is 3.44. The van der Waals surface area contributed by atoms with Gasteiger partial charge in [0.05, 0.1) is 29.0 Å². The minimum absolute atomic E-state index is 0.127. The number of amides is 1. The first-order valence-corrected chi connectivity index (χ1v) is 9.13. The van der Waals surface area contributed by atoms with Crippen molar-refractivity contribution in [3.8, 4) is 0 Å². The smallest absolute Gasteiger partial charge is 0.274 e. The van der Waals surface area contributed by atoms with Crippen molar-refractivity contribution in [2.45, 2.75) is 26.9 Å². The lowest BCUT2D eigenvalue weighted by molar-refractivity contribution is 0.0779. The monoisotopic (exact) mass is 377 g/mol. The van der Waals surface area contributed by atoms with Crippen LogP contribution in [0.15, 0.2) is 36.5 Å². The number of rotatable bonds is 5. The molecule has 0 aliphatic rings. The van der Waals surface area contributed by atoms with Gasteiger partial charge in [-0.15, -0.1) is 0 Å². The van der Waals surface area contributed by atoms with E-state index in [-0.39, 0.29) is 5.91 Å². The summed E-state index contributed by atoms with van der Waals surface area (Å²) in [6.45, 7) is 4.99. The van der Waals surface area contributed by atoms with E-state index in [4.69, 9.17) is 0 Å². The molecule has 0 bridgehead atoms. The van der Waals surface area contributed by atoms with Crippen LogP contribution in [-0.2, 0) is 20.1 Å². The number of imidazole rings is 1. The average Bonchev–Trinajstić information content (AvgIpc) is 3.34. The van der Waals surface area contributed by atoms with Gasteiger partial charge in [0.25, 0.3) is 5.91 Å². The normalized spacial score (nSPS) is 11.3. The first-order valence-electron chi connectivity index (χ1n) is 9.13. The van der Waals surface area contributed by atoms with Crippen LogP contribution < -0.4 is 0 Å². The van der Waals surface area contributed by atoms with Gasteiger partial charge in [0, 0.05) is 32.4 Å². The Kier molecular flexibility index (Phi) is 4.46. The summed E-state index contributed by atoms with van der Waals surface area (Å²) >= 11 is 0. The molecule has 0 atom stereocenters. The van der Waals surface area contributed by atoms with Gasteiger partial charge in [0.2, 0.25) is 0 Å². The second kappa shape index (κ2) is 6.95. The summed E-state index contributed by atoms with van der Waals surface area (Å²) in [6.07, 6.45) is 1.93. The van der Waals surface area contributed by atoms with E-state index in [0.29, 0.717) is 18.8 Å². The molecule has 3 aromatic heterocycles. The van der Waals surface area contributed by atoms with Gasteiger partial charge in [0.1, 0.15) is 11.5 Å². The van der Waals surface area contributed by atoms with Crippen LogP contribution in [0, 0.1) is 13.8 Å². The first kappa shape index (κ1) is 18.0. The van der Waals surface area contributed by atoms with Gasteiger partial charge in [-0.1, -0.05) is 12.1 Å². The van der Waals surface area contributed by atoms with Crippen LogP contribution in [0.5, 0.6) is 0 Å². The zero-order chi connectivity index (χ0) is 19.8. The van der Waals surface area contributed by atoms with Crippen LogP contribution in [0.3, 0.4) is 0 Å². The summed E-state index contributed by atoms with van der Waals surface area (Å²) in [5.41, 5.74) is 5.23. The molecule has 0 saturated heterocycles. The van der Waals surface area contributed by atoms with Crippen LogP contribution in [-0.4, -0.2) is 47.4 Å². The van der Waals surface area contributed by atoms with E-state index in [1.165, 1.54) is 0 Å². The zero-order valence-corrected chi connectivity index (χ0v) is 16.5. The minimum atomic E-state index is -0.127. The average molecular weight is 377 g/mol. The molecule has 1 N–H and O–H groups in total. The van der Waals surface area contributed by atoms with E-state index in [9.17, 15) is 4.79 Å². The highest BCUT2D eigenvalue weighted by atomic mass is 16.2. The van der Waals surface area contributed by atoms with Crippen molar-refractivity contribution < 1.29 is 4.79 Å². The predicted octanol–water partition coefficient (Wildman–Crippen LogP) is 2.43. The Bertz CT molecular complexity index is 1150. The Labute approximate surface area is 162 Å². The highest BCUT2D eigenvalue weighted by molar-refractivity contribution is 5.92. The van der Waals surface area contributed by atoms with Gasteiger partial charge in [0.15, 0.2) is 0 Å². The van der Waals surface area contributed by atoms with Gasteiger partial charge in [-0.25, -0.2) is 4.98 Å². The molecule has 0 spiro atoms. The van der Waals surface area contributed by atoms with Crippen molar-refractivity contribution in [3.63, 3.8) is 0 Å². The Hall–Kier alpha value is -3.42. The summed E-state index contributed by atoms with van der Waals surface area (Å²) in [7, 11) is 3.65. The van der Waals surface area contributed by atoms with Crippen molar-refractivity contribution in [1.82, 2.24) is 34.4 Å². The molecule has 8 nitrogen and oxygen atoms in total. The van der Waals surface area contributed by atoms with Gasteiger partial charge in [-0.3, -0.25) is 14.6 Å². The molecule has 1 aromatic carbocycles. The zero-order valence-electron chi connectivity index (χ0n) is 16.5. The number of hydrogen-bond acceptors (Lipinski definition) is 4. The van der Waals surface area contributed by atoms with Crippen molar-refractivity contribution in [1.29, 1.82) is 0 Å². The Morgan fingerprint density at radius 3 is 2.79 bits per heavy atom. The van der Waals surface area contributed by atoms with Gasteiger partial charge in [-0.05, 0) is 32.0 Å². The Morgan fingerprint density at radius 1 is 1.25 bits per heavy atom. The number of carbonyl (C=O) groups excluding carboxylic acids is 1. The van der Waals surface area contributed by atoms with Crippen LogP contribution in [0.4, 0.5) is 0 Å². The maximum Gasteiger partial charge on any atom is 0.274 e. The minimum Gasteiger partial charge on any atom is -0.336 e. The number of hydrogen-bond donors (Lipinski definition) is 1. The van der Waals surface area contributed by atoms with E-state index in [1.54, 1.807) is 16.6 Å². The number of aromatic amines is 1. The third-order valence-electron chi connectivity index (χ3n) is 4.89. The lowest BCUT2D eigenvalue weighted by Crippen LogP contribution is -2.26. The van der Waals surface area contributed by atoms with Gasteiger partial charge in [-0.2, -0.15) is 10.2 Å². The van der Waals surface area contributed by atoms with Crippen LogP contribution in [0.1, 0.15) is 33.3 Å². The molecular formula is C20H23N7O. The van der Waals surface area contributed by atoms with Crippen LogP contribution in [0.2, 0.25) is 0 Å². The van der Waals surface area contributed by atoms with Gasteiger partial charge < -0.3 is 9.47 Å². The quantitative estimate of drug-likeness (QED) is 0.579. The van der Waals surface area contributed by atoms with Crippen molar-refractivity contribution in [3.05, 3.63) is 65.0 Å². The standard InChI is InChI=1S/C20H23N7O/c1-13-15(11-26(4)24-13)10-25(3)20(28)18-9-16(22-23-18)12-27-14(2)21-17-7-5-6-8-19(17)27/h5-9,11H,10,12H2,1-4H3,(H,22,23). The lowest BCUT2D eigenvalue weighted by atomic mass is 10.2. The van der Waals surface area contributed by atoms with Crippen molar-refractivity contribution in [2.24, 2.45) is 7.05 Å². The molecular weight excluding hydrogens is 354 g/mol. The second-order valence-electron chi connectivity index (χ2n) is 7.09. The number of aryl methyl sites for hydroxylation is 3. The number of para-hydroxylation sites is 2. The highest BCUT2D eigenvalue weighted by Gasteiger charge is 2.18. The fourth-order valence-electron chi connectivity index (χ4n) is 3.44. The number of nitrogens with one attached hydrogen (secondary N) is 1. The highest BCUT2D eigenvalue weighted by Crippen LogP contribution is 2.17. The lowest BCUT2D eigenvalue weighted by Gasteiger charge is -2.15. The van der Waals surface area contributed by atoms with Gasteiger partial charge >= 0.3 is 0 Å². The van der Waals surface area contributed by atoms with E-state index in [2.05, 4.69) is 24.8 Å².